The summed E-state index contributed by atoms with van der Waals surface area (Å²) >= 11 is 3.00. The van der Waals surface area contributed by atoms with E-state index < -0.39 is 0 Å². The van der Waals surface area contributed by atoms with Gasteiger partial charge in [-0.25, -0.2) is 9.97 Å². The van der Waals surface area contributed by atoms with Crippen molar-refractivity contribution in [2.24, 2.45) is 7.05 Å². The lowest BCUT2D eigenvalue weighted by molar-refractivity contribution is 0.791. The molecule has 0 N–H and O–H groups in total. The summed E-state index contributed by atoms with van der Waals surface area (Å²) in [5.74, 6) is 0.721. The third-order valence-electron chi connectivity index (χ3n) is 2.02. The van der Waals surface area contributed by atoms with Gasteiger partial charge in [0.1, 0.15) is 5.82 Å². The summed E-state index contributed by atoms with van der Waals surface area (Å²) in [6.45, 7) is 1.82. The number of aryl methyl sites for hydroxylation is 1. The number of fused-ring (bicyclic) bond motifs is 1. The lowest BCUT2D eigenvalue weighted by Gasteiger charge is -1.99. The zero-order valence-corrected chi connectivity index (χ0v) is 9.70. The van der Waals surface area contributed by atoms with Crippen molar-refractivity contribution in [3.63, 3.8) is 0 Å². The Labute approximate surface area is 89.0 Å². The maximum absolute atomic E-state index is 11.7. The van der Waals surface area contributed by atoms with E-state index in [1.54, 1.807) is 7.05 Å². The van der Waals surface area contributed by atoms with E-state index >= 15 is 0 Å². The molecule has 0 unspecified atom stereocenters. The van der Waals surface area contributed by atoms with Crippen molar-refractivity contribution in [1.82, 2.24) is 14.5 Å². The SMILES string of the molecule is CSc1nc2c(=O)n(C)c(C)nc2s1. The van der Waals surface area contributed by atoms with Crippen LogP contribution in [-0.2, 0) is 7.05 Å². The van der Waals surface area contributed by atoms with E-state index in [1.807, 2.05) is 13.2 Å². The van der Waals surface area contributed by atoms with Crippen LogP contribution in [0.25, 0.3) is 10.3 Å². The molecule has 6 heteroatoms. The minimum Gasteiger partial charge on any atom is -0.298 e. The Hall–Kier alpha value is -0.880. The zero-order chi connectivity index (χ0) is 10.3. The Morgan fingerprint density at radius 1 is 1.43 bits per heavy atom. The fourth-order valence-corrected chi connectivity index (χ4v) is 2.59. The second-order valence-electron chi connectivity index (χ2n) is 2.86. The van der Waals surface area contributed by atoms with Gasteiger partial charge >= 0.3 is 0 Å². The highest BCUT2D eigenvalue weighted by Crippen LogP contribution is 2.24. The van der Waals surface area contributed by atoms with Crippen LogP contribution in [0.15, 0.2) is 9.13 Å². The molecule has 4 nitrogen and oxygen atoms in total. The average Bonchev–Trinajstić information content (AvgIpc) is 2.57. The molecule has 0 atom stereocenters. The van der Waals surface area contributed by atoms with Crippen LogP contribution >= 0.6 is 23.1 Å². The molecule has 2 aromatic rings. The molecular formula is C8H9N3OS2. The molecule has 0 amide bonds. The average molecular weight is 227 g/mol. The van der Waals surface area contributed by atoms with Crippen molar-refractivity contribution >= 4 is 33.4 Å². The Balaban J connectivity index is 2.88. The van der Waals surface area contributed by atoms with Crippen molar-refractivity contribution < 1.29 is 0 Å². The Morgan fingerprint density at radius 2 is 2.14 bits per heavy atom. The summed E-state index contributed by atoms with van der Waals surface area (Å²) in [6.07, 6.45) is 1.94. The van der Waals surface area contributed by atoms with Crippen LogP contribution in [0.5, 0.6) is 0 Å². The quantitative estimate of drug-likeness (QED) is 0.691. The topological polar surface area (TPSA) is 47.8 Å². The van der Waals surface area contributed by atoms with E-state index in [2.05, 4.69) is 9.97 Å². The van der Waals surface area contributed by atoms with Crippen LogP contribution in [0.2, 0.25) is 0 Å². The van der Waals surface area contributed by atoms with Crippen molar-refractivity contribution in [2.45, 2.75) is 11.3 Å². The molecule has 0 bridgehead atoms. The zero-order valence-electron chi connectivity index (χ0n) is 8.07. The highest BCUT2D eigenvalue weighted by Gasteiger charge is 2.10. The molecule has 2 heterocycles. The summed E-state index contributed by atoms with van der Waals surface area (Å²) in [5, 5.41) is 0. The smallest absolute Gasteiger partial charge is 0.280 e. The number of hydrogen-bond donors (Lipinski definition) is 0. The molecule has 0 fully saturated rings. The first-order valence-corrected chi connectivity index (χ1v) is 6.05. The molecule has 0 aliphatic heterocycles. The number of rotatable bonds is 1. The van der Waals surface area contributed by atoms with Gasteiger partial charge in [-0.15, -0.1) is 0 Å². The van der Waals surface area contributed by atoms with Crippen molar-refractivity contribution in [3.05, 3.63) is 16.2 Å². The van der Waals surface area contributed by atoms with Crippen LogP contribution in [0.1, 0.15) is 5.82 Å². The number of thiazole rings is 1. The summed E-state index contributed by atoms with van der Waals surface area (Å²) < 4.78 is 2.40. The number of hydrogen-bond acceptors (Lipinski definition) is 5. The van der Waals surface area contributed by atoms with Crippen LogP contribution in [0.4, 0.5) is 0 Å². The summed E-state index contributed by atoms with van der Waals surface area (Å²) in [6, 6.07) is 0. The molecule has 0 radical (unpaired) electrons. The van der Waals surface area contributed by atoms with Gasteiger partial charge in [0.2, 0.25) is 0 Å². The van der Waals surface area contributed by atoms with Gasteiger partial charge < -0.3 is 0 Å². The molecule has 0 aliphatic rings. The Kier molecular flexibility index (Phi) is 2.32. The first kappa shape index (κ1) is 9.67. The van der Waals surface area contributed by atoms with Crippen LogP contribution in [-0.4, -0.2) is 20.8 Å². The largest absolute Gasteiger partial charge is 0.298 e. The number of thioether (sulfide) groups is 1. The lowest BCUT2D eigenvalue weighted by Crippen LogP contribution is -2.20. The van der Waals surface area contributed by atoms with E-state index in [4.69, 9.17) is 0 Å². The van der Waals surface area contributed by atoms with E-state index in [0.29, 0.717) is 5.52 Å². The number of nitrogens with zero attached hydrogens (tertiary/aromatic N) is 3. The molecule has 0 saturated heterocycles. The highest BCUT2D eigenvalue weighted by atomic mass is 32.2. The summed E-state index contributed by atoms with van der Waals surface area (Å²) in [4.78, 5) is 21.0. The van der Waals surface area contributed by atoms with Gasteiger partial charge in [-0.2, -0.15) is 0 Å². The second kappa shape index (κ2) is 3.36. The van der Waals surface area contributed by atoms with Gasteiger partial charge in [-0.3, -0.25) is 9.36 Å². The minimum atomic E-state index is -0.0657. The predicted octanol–water partition coefficient (Wildman–Crippen LogP) is 1.42. The summed E-state index contributed by atoms with van der Waals surface area (Å²) in [7, 11) is 1.71. The number of aromatic nitrogens is 3. The van der Waals surface area contributed by atoms with E-state index in [9.17, 15) is 4.79 Å². The normalized spacial score (nSPS) is 11.1. The molecular weight excluding hydrogens is 218 g/mol. The first-order chi connectivity index (χ1) is 6.63. The van der Waals surface area contributed by atoms with Crippen LogP contribution in [0, 0.1) is 6.92 Å². The maximum atomic E-state index is 11.7. The molecule has 2 aromatic heterocycles. The van der Waals surface area contributed by atoms with Gasteiger partial charge in [-0.05, 0) is 13.2 Å². The molecule has 74 valence electrons. The van der Waals surface area contributed by atoms with Crippen molar-refractivity contribution in [1.29, 1.82) is 0 Å². The molecule has 14 heavy (non-hydrogen) atoms. The fraction of sp³-hybridized carbons (Fsp3) is 0.375. The Bertz CT molecular complexity index is 543. The monoisotopic (exact) mass is 227 g/mol. The molecule has 0 saturated carbocycles. The van der Waals surface area contributed by atoms with Crippen LogP contribution in [0.3, 0.4) is 0 Å². The van der Waals surface area contributed by atoms with E-state index in [1.165, 1.54) is 27.7 Å². The highest BCUT2D eigenvalue weighted by molar-refractivity contribution is 8.00. The molecule has 2 rings (SSSR count). The predicted molar refractivity (Wildman–Crippen MR) is 59.2 cm³/mol. The van der Waals surface area contributed by atoms with Gasteiger partial charge in [0.25, 0.3) is 5.56 Å². The third kappa shape index (κ3) is 1.34. The molecule has 0 aliphatic carbocycles. The second-order valence-corrected chi connectivity index (χ2v) is 4.89. The van der Waals surface area contributed by atoms with E-state index in [-0.39, 0.29) is 5.56 Å². The molecule has 0 aromatic carbocycles. The van der Waals surface area contributed by atoms with Gasteiger partial charge in [-0.1, -0.05) is 23.1 Å². The van der Waals surface area contributed by atoms with E-state index in [0.717, 1.165) is 15.0 Å². The Morgan fingerprint density at radius 3 is 2.79 bits per heavy atom. The van der Waals surface area contributed by atoms with Gasteiger partial charge in [0.05, 0.1) is 0 Å². The summed E-state index contributed by atoms with van der Waals surface area (Å²) in [5.41, 5.74) is 0.413. The van der Waals surface area contributed by atoms with Gasteiger partial charge in [0, 0.05) is 7.05 Å². The van der Waals surface area contributed by atoms with Crippen molar-refractivity contribution in [2.75, 3.05) is 6.26 Å². The van der Waals surface area contributed by atoms with Crippen LogP contribution < -0.4 is 5.56 Å². The first-order valence-electron chi connectivity index (χ1n) is 4.01. The molecule has 0 spiro atoms. The fourth-order valence-electron chi connectivity index (χ4n) is 1.12. The lowest BCUT2D eigenvalue weighted by atomic mass is 10.5. The van der Waals surface area contributed by atoms with Gasteiger partial charge in [0.15, 0.2) is 14.7 Å². The maximum Gasteiger partial charge on any atom is 0.280 e. The standard InChI is InChI=1S/C8H9N3OS2/c1-4-9-6-5(7(12)11(4)2)10-8(13-3)14-6/h1-3H3. The minimum absolute atomic E-state index is 0.0657. The van der Waals surface area contributed by atoms with Crippen molar-refractivity contribution in [3.8, 4) is 0 Å². The third-order valence-corrected chi connectivity index (χ3v) is 3.95.